The summed E-state index contributed by atoms with van der Waals surface area (Å²) in [4.78, 5) is 13.6. The van der Waals surface area contributed by atoms with E-state index in [1.54, 1.807) is 11.8 Å². The van der Waals surface area contributed by atoms with Gasteiger partial charge in [-0.1, -0.05) is 19.0 Å². The SMILES string of the molecule is CSCC(C)(C)C(Cn1cnc([N+](=O)[O-])c1)=NO. The summed E-state index contributed by atoms with van der Waals surface area (Å²) < 4.78 is 1.54. The normalized spacial score (nSPS) is 12.7. The lowest BCUT2D eigenvalue weighted by molar-refractivity contribution is -0.389. The average Bonchev–Trinajstić information content (AvgIpc) is 2.74. The predicted octanol–water partition coefficient (Wildman–Crippen LogP) is 2.01. The Balaban J connectivity index is 2.83. The van der Waals surface area contributed by atoms with Crippen molar-refractivity contribution in [3.8, 4) is 0 Å². The first-order valence-corrected chi connectivity index (χ1v) is 6.66. The van der Waals surface area contributed by atoms with Gasteiger partial charge in [0.2, 0.25) is 6.33 Å². The summed E-state index contributed by atoms with van der Waals surface area (Å²) in [5.41, 5.74) is 0.275. The van der Waals surface area contributed by atoms with Crippen LogP contribution in [-0.2, 0) is 6.54 Å². The molecule has 0 amide bonds. The summed E-state index contributed by atoms with van der Waals surface area (Å²) in [6, 6.07) is 0. The molecule has 1 rings (SSSR count). The molecule has 0 spiro atoms. The van der Waals surface area contributed by atoms with Gasteiger partial charge in [0.1, 0.15) is 6.20 Å². The zero-order chi connectivity index (χ0) is 13.8. The average molecular weight is 272 g/mol. The number of nitro groups is 1. The van der Waals surface area contributed by atoms with Crippen LogP contribution >= 0.6 is 11.8 Å². The van der Waals surface area contributed by atoms with Gasteiger partial charge in [0, 0.05) is 11.2 Å². The first-order chi connectivity index (χ1) is 8.40. The number of aromatic nitrogens is 2. The first kappa shape index (κ1) is 14.5. The second kappa shape index (κ2) is 5.85. The van der Waals surface area contributed by atoms with Crippen molar-refractivity contribution in [2.75, 3.05) is 12.0 Å². The Morgan fingerprint density at radius 2 is 2.39 bits per heavy atom. The molecule has 0 atom stereocenters. The van der Waals surface area contributed by atoms with Crippen molar-refractivity contribution in [1.29, 1.82) is 0 Å². The Labute approximate surface area is 109 Å². The van der Waals surface area contributed by atoms with Gasteiger partial charge in [-0.2, -0.15) is 11.8 Å². The van der Waals surface area contributed by atoms with Crippen molar-refractivity contribution >= 4 is 23.3 Å². The standard InChI is InChI=1S/C10H16N4O3S/c1-10(2,6-18-3)8(12-15)4-13-5-9(11-7-13)14(16)17/h5,7,15H,4,6H2,1-3H3. The molecule has 1 aromatic rings. The van der Waals surface area contributed by atoms with Crippen LogP contribution in [-0.4, -0.2) is 37.4 Å². The van der Waals surface area contributed by atoms with Crippen LogP contribution in [0.1, 0.15) is 13.8 Å². The predicted molar refractivity (Wildman–Crippen MR) is 70.3 cm³/mol. The lowest BCUT2D eigenvalue weighted by Gasteiger charge is -2.24. The highest BCUT2D eigenvalue weighted by Gasteiger charge is 2.26. The largest absolute Gasteiger partial charge is 0.411 e. The zero-order valence-corrected chi connectivity index (χ0v) is 11.3. The third-order valence-electron chi connectivity index (χ3n) is 2.55. The molecule has 8 heteroatoms. The fraction of sp³-hybridized carbons (Fsp3) is 0.600. The van der Waals surface area contributed by atoms with E-state index in [-0.39, 0.29) is 17.8 Å². The molecule has 7 nitrogen and oxygen atoms in total. The Bertz CT molecular complexity index is 456. The summed E-state index contributed by atoms with van der Waals surface area (Å²) in [6.07, 6.45) is 4.65. The van der Waals surface area contributed by atoms with Crippen LogP contribution in [0.25, 0.3) is 0 Å². The summed E-state index contributed by atoms with van der Waals surface area (Å²) in [5.74, 6) is 0.582. The topological polar surface area (TPSA) is 93.5 Å². The second-order valence-electron chi connectivity index (χ2n) is 4.52. The van der Waals surface area contributed by atoms with E-state index in [9.17, 15) is 10.1 Å². The lowest BCUT2D eigenvalue weighted by atomic mass is 9.89. The summed E-state index contributed by atoms with van der Waals surface area (Å²) in [6.45, 7) is 4.21. The van der Waals surface area contributed by atoms with Crippen molar-refractivity contribution in [2.24, 2.45) is 10.6 Å². The highest BCUT2D eigenvalue weighted by Crippen LogP contribution is 2.23. The van der Waals surface area contributed by atoms with Gasteiger partial charge < -0.3 is 19.9 Å². The summed E-state index contributed by atoms with van der Waals surface area (Å²) in [5, 5.41) is 22.9. The van der Waals surface area contributed by atoms with Crippen LogP contribution < -0.4 is 0 Å². The third-order valence-corrected chi connectivity index (χ3v) is 3.56. The molecule has 0 radical (unpaired) electrons. The number of oxime groups is 1. The minimum atomic E-state index is -0.556. The zero-order valence-electron chi connectivity index (χ0n) is 10.5. The number of rotatable bonds is 6. The molecule has 100 valence electrons. The smallest absolute Gasteiger partial charge is 0.381 e. The van der Waals surface area contributed by atoms with E-state index in [1.165, 1.54) is 17.1 Å². The van der Waals surface area contributed by atoms with Gasteiger partial charge in [-0.05, 0) is 16.2 Å². The maximum absolute atomic E-state index is 10.5. The number of thioether (sulfide) groups is 1. The Kier molecular flexibility index (Phi) is 4.71. The Morgan fingerprint density at radius 1 is 1.72 bits per heavy atom. The van der Waals surface area contributed by atoms with Gasteiger partial charge >= 0.3 is 5.82 Å². The maximum Gasteiger partial charge on any atom is 0.381 e. The molecule has 0 aliphatic rings. The summed E-state index contributed by atoms with van der Waals surface area (Å²) in [7, 11) is 0. The second-order valence-corrected chi connectivity index (χ2v) is 5.39. The van der Waals surface area contributed by atoms with Crippen molar-refractivity contribution in [2.45, 2.75) is 20.4 Å². The third kappa shape index (κ3) is 3.46. The van der Waals surface area contributed by atoms with Gasteiger partial charge in [-0.15, -0.1) is 0 Å². The number of hydrogen-bond acceptors (Lipinski definition) is 6. The molecule has 1 aromatic heterocycles. The monoisotopic (exact) mass is 272 g/mol. The van der Waals surface area contributed by atoms with Crippen molar-refractivity contribution in [3.05, 3.63) is 22.6 Å². The van der Waals surface area contributed by atoms with Crippen LogP contribution in [0, 0.1) is 15.5 Å². The van der Waals surface area contributed by atoms with Gasteiger partial charge in [0.05, 0.1) is 12.3 Å². The van der Waals surface area contributed by atoms with Gasteiger partial charge in [-0.3, -0.25) is 0 Å². The van der Waals surface area contributed by atoms with Crippen molar-refractivity contribution in [1.82, 2.24) is 9.55 Å². The number of imidazole rings is 1. The highest BCUT2D eigenvalue weighted by molar-refractivity contribution is 7.98. The van der Waals surface area contributed by atoms with E-state index in [0.29, 0.717) is 5.71 Å². The van der Waals surface area contributed by atoms with Crippen LogP contribution in [0.15, 0.2) is 17.7 Å². The van der Waals surface area contributed by atoms with Gasteiger partial charge in [-0.25, -0.2) is 0 Å². The number of hydrogen-bond donors (Lipinski definition) is 1. The minimum absolute atomic E-state index is 0.213. The molecule has 0 aromatic carbocycles. The van der Waals surface area contributed by atoms with Crippen LogP contribution in [0.3, 0.4) is 0 Å². The molecule has 0 aliphatic carbocycles. The Morgan fingerprint density at radius 3 is 2.83 bits per heavy atom. The molecule has 18 heavy (non-hydrogen) atoms. The molecule has 1 heterocycles. The molecule has 0 aliphatic heterocycles. The fourth-order valence-corrected chi connectivity index (χ4v) is 2.42. The molecular formula is C10H16N4O3S. The quantitative estimate of drug-likeness (QED) is 0.370. The minimum Gasteiger partial charge on any atom is -0.411 e. The highest BCUT2D eigenvalue weighted by atomic mass is 32.2. The maximum atomic E-state index is 10.5. The molecule has 0 saturated heterocycles. The van der Waals surface area contributed by atoms with E-state index in [2.05, 4.69) is 10.1 Å². The molecule has 0 saturated carbocycles. The fourth-order valence-electron chi connectivity index (χ4n) is 1.53. The molecular weight excluding hydrogens is 256 g/mol. The van der Waals surface area contributed by atoms with Gasteiger partial charge in [0.25, 0.3) is 0 Å². The number of nitrogens with zero attached hydrogens (tertiary/aromatic N) is 4. The van der Waals surface area contributed by atoms with E-state index < -0.39 is 4.92 Å². The van der Waals surface area contributed by atoms with Crippen LogP contribution in [0.2, 0.25) is 0 Å². The van der Waals surface area contributed by atoms with Gasteiger partial charge in [0.15, 0.2) is 0 Å². The summed E-state index contributed by atoms with van der Waals surface area (Å²) >= 11 is 1.65. The lowest BCUT2D eigenvalue weighted by Crippen LogP contribution is -2.30. The van der Waals surface area contributed by atoms with Crippen molar-refractivity contribution < 1.29 is 10.1 Å². The van der Waals surface area contributed by atoms with E-state index >= 15 is 0 Å². The van der Waals surface area contributed by atoms with E-state index in [4.69, 9.17) is 5.21 Å². The van der Waals surface area contributed by atoms with E-state index in [1.807, 2.05) is 20.1 Å². The van der Waals surface area contributed by atoms with Crippen molar-refractivity contribution in [3.63, 3.8) is 0 Å². The first-order valence-electron chi connectivity index (χ1n) is 5.27. The van der Waals surface area contributed by atoms with Crippen LogP contribution in [0.4, 0.5) is 5.82 Å². The van der Waals surface area contributed by atoms with E-state index in [0.717, 1.165) is 5.75 Å². The molecule has 0 bridgehead atoms. The Hall–Kier alpha value is -1.57. The molecule has 0 unspecified atom stereocenters. The molecule has 0 fully saturated rings. The van der Waals surface area contributed by atoms with Crippen LogP contribution in [0.5, 0.6) is 0 Å². The molecule has 1 N–H and O–H groups in total.